The molecule has 1 aliphatic heterocycles. The minimum atomic E-state index is -0.389. The zero-order valence-electron chi connectivity index (χ0n) is 15.2. The number of imidazole rings is 1. The first-order valence-electron chi connectivity index (χ1n) is 9.11. The van der Waals surface area contributed by atoms with Crippen LogP contribution >= 0.6 is 0 Å². The number of halogens is 1. The molecule has 3 aromatic rings. The molecule has 1 aliphatic rings. The molecule has 1 aromatic heterocycles. The van der Waals surface area contributed by atoms with E-state index in [-0.39, 0.29) is 16.4 Å². The van der Waals surface area contributed by atoms with Gasteiger partial charge in [-0.05, 0) is 17.7 Å². The zero-order valence-corrected chi connectivity index (χ0v) is 15.2. The normalized spacial score (nSPS) is 15.0. The maximum atomic E-state index is 14.2. The van der Waals surface area contributed by atoms with Gasteiger partial charge in [-0.3, -0.25) is 19.6 Å². The minimum Gasteiger partial charge on any atom is -0.339 e. The quantitative estimate of drug-likeness (QED) is 0.501. The Morgan fingerprint density at radius 2 is 1.75 bits per heavy atom. The second kappa shape index (κ2) is 7.77. The number of nitro groups is 1. The van der Waals surface area contributed by atoms with Gasteiger partial charge in [0, 0.05) is 57.3 Å². The average molecular weight is 381 g/mol. The fourth-order valence-electron chi connectivity index (χ4n) is 3.45. The zero-order chi connectivity index (χ0) is 19.5. The number of rotatable bonds is 5. The fraction of sp³-hybridized carbons (Fsp3) is 0.250. The monoisotopic (exact) mass is 381 g/mol. The molecule has 0 spiro atoms. The highest BCUT2D eigenvalue weighted by Gasteiger charge is 2.21. The lowest BCUT2D eigenvalue weighted by Crippen LogP contribution is -2.46. The summed E-state index contributed by atoms with van der Waals surface area (Å²) in [6.45, 7) is 3.97. The number of piperazine rings is 1. The fourth-order valence-corrected chi connectivity index (χ4v) is 3.45. The van der Waals surface area contributed by atoms with Crippen LogP contribution in [0.5, 0.6) is 0 Å². The highest BCUT2D eigenvalue weighted by Crippen LogP contribution is 2.22. The Bertz CT molecular complexity index is 965. The lowest BCUT2D eigenvalue weighted by atomic mass is 10.2. The molecule has 4 rings (SSSR count). The van der Waals surface area contributed by atoms with Gasteiger partial charge in [0.1, 0.15) is 5.82 Å². The van der Waals surface area contributed by atoms with E-state index in [0.717, 1.165) is 44.2 Å². The third kappa shape index (κ3) is 3.72. The second-order valence-corrected chi connectivity index (χ2v) is 6.74. The Balaban J connectivity index is 1.41. The molecule has 1 saturated heterocycles. The summed E-state index contributed by atoms with van der Waals surface area (Å²) >= 11 is 0. The van der Waals surface area contributed by atoms with Crippen molar-refractivity contribution in [2.45, 2.75) is 6.54 Å². The van der Waals surface area contributed by atoms with Gasteiger partial charge in [0.2, 0.25) is 5.95 Å². The van der Waals surface area contributed by atoms with E-state index in [2.05, 4.69) is 14.8 Å². The van der Waals surface area contributed by atoms with Gasteiger partial charge in [-0.15, -0.1) is 0 Å². The van der Waals surface area contributed by atoms with Crippen molar-refractivity contribution in [3.8, 4) is 5.69 Å². The summed E-state index contributed by atoms with van der Waals surface area (Å²) in [6.07, 6.45) is 3.46. The van der Waals surface area contributed by atoms with Gasteiger partial charge in [0.05, 0.1) is 10.6 Å². The summed E-state index contributed by atoms with van der Waals surface area (Å²) in [5.41, 5.74) is 1.64. The lowest BCUT2D eigenvalue weighted by molar-refractivity contribution is -0.384. The number of hydrogen-bond donors (Lipinski definition) is 0. The SMILES string of the molecule is O=[N+]([O-])c1ccc(CN2CCN(c3nccn3-c3ccccc3F)CC2)cc1. The van der Waals surface area contributed by atoms with Crippen molar-refractivity contribution in [3.05, 3.63) is 82.4 Å². The highest BCUT2D eigenvalue weighted by molar-refractivity contribution is 5.44. The number of nitro benzene ring substituents is 1. The van der Waals surface area contributed by atoms with Crippen LogP contribution in [-0.2, 0) is 6.54 Å². The minimum absolute atomic E-state index is 0.105. The number of non-ortho nitro benzene ring substituents is 1. The summed E-state index contributed by atoms with van der Waals surface area (Å²) < 4.78 is 15.9. The Morgan fingerprint density at radius 1 is 1.04 bits per heavy atom. The molecule has 1 fully saturated rings. The number of para-hydroxylation sites is 1. The Kier molecular flexibility index (Phi) is 5.03. The maximum absolute atomic E-state index is 14.2. The summed E-state index contributed by atoms with van der Waals surface area (Å²) in [4.78, 5) is 19.3. The van der Waals surface area contributed by atoms with Crippen molar-refractivity contribution in [1.82, 2.24) is 14.5 Å². The molecule has 0 saturated carbocycles. The molecule has 2 aromatic carbocycles. The molecule has 0 amide bonds. The highest BCUT2D eigenvalue weighted by atomic mass is 19.1. The first-order valence-corrected chi connectivity index (χ1v) is 9.11. The van der Waals surface area contributed by atoms with Gasteiger partial charge < -0.3 is 4.90 Å². The molecular formula is C20H20FN5O2. The molecule has 28 heavy (non-hydrogen) atoms. The third-order valence-corrected chi connectivity index (χ3v) is 4.94. The van der Waals surface area contributed by atoms with E-state index in [1.54, 1.807) is 41.2 Å². The molecule has 0 aliphatic carbocycles. The smallest absolute Gasteiger partial charge is 0.269 e. The number of aromatic nitrogens is 2. The standard InChI is InChI=1S/C20H20FN5O2/c21-18-3-1-2-4-19(18)25-10-9-22-20(25)24-13-11-23(12-14-24)15-16-5-7-17(8-6-16)26(27)28/h1-10H,11-15H2. The molecule has 8 heteroatoms. The first-order chi connectivity index (χ1) is 13.6. The largest absolute Gasteiger partial charge is 0.339 e. The number of anilines is 1. The lowest BCUT2D eigenvalue weighted by Gasteiger charge is -2.35. The van der Waals surface area contributed by atoms with Gasteiger partial charge in [-0.25, -0.2) is 9.37 Å². The van der Waals surface area contributed by atoms with E-state index in [4.69, 9.17) is 0 Å². The van der Waals surface area contributed by atoms with Gasteiger partial charge >= 0.3 is 0 Å². The van der Waals surface area contributed by atoms with E-state index in [1.165, 1.54) is 18.2 Å². The van der Waals surface area contributed by atoms with Gasteiger partial charge in [0.15, 0.2) is 0 Å². The van der Waals surface area contributed by atoms with Crippen molar-refractivity contribution >= 4 is 11.6 Å². The van der Waals surface area contributed by atoms with E-state index < -0.39 is 0 Å². The van der Waals surface area contributed by atoms with Gasteiger partial charge in [-0.2, -0.15) is 0 Å². The summed E-state index contributed by atoms with van der Waals surface area (Å²) in [6, 6.07) is 13.3. The van der Waals surface area contributed by atoms with E-state index in [1.807, 2.05) is 6.07 Å². The molecular weight excluding hydrogens is 361 g/mol. The molecule has 0 radical (unpaired) electrons. The number of nitrogens with zero attached hydrogens (tertiary/aromatic N) is 5. The third-order valence-electron chi connectivity index (χ3n) is 4.94. The second-order valence-electron chi connectivity index (χ2n) is 6.74. The predicted octanol–water partition coefficient (Wildman–Crippen LogP) is 3.24. The topological polar surface area (TPSA) is 67.4 Å². The van der Waals surface area contributed by atoms with Gasteiger partial charge in [-0.1, -0.05) is 24.3 Å². The van der Waals surface area contributed by atoms with Crippen LogP contribution in [-0.4, -0.2) is 45.6 Å². The average Bonchev–Trinajstić information content (AvgIpc) is 3.19. The molecule has 0 atom stereocenters. The first kappa shape index (κ1) is 18.1. The van der Waals surface area contributed by atoms with Crippen LogP contribution in [0.4, 0.5) is 16.0 Å². The Labute approximate surface area is 161 Å². The van der Waals surface area contributed by atoms with Crippen LogP contribution in [0.1, 0.15) is 5.56 Å². The number of benzene rings is 2. The molecule has 0 bridgehead atoms. The van der Waals surface area contributed by atoms with Crippen LogP contribution < -0.4 is 4.90 Å². The Hall–Kier alpha value is -3.26. The van der Waals surface area contributed by atoms with E-state index in [0.29, 0.717) is 5.69 Å². The summed E-state index contributed by atoms with van der Waals surface area (Å²) in [5.74, 6) is 0.457. The van der Waals surface area contributed by atoms with Crippen molar-refractivity contribution in [2.24, 2.45) is 0 Å². The molecule has 0 unspecified atom stereocenters. The van der Waals surface area contributed by atoms with E-state index >= 15 is 0 Å². The van der Waals surface area contributed by atoms with Crippen molar-refractivity contribution < 1.29 is 9.31 Å². The van der Waals surface area contributed by atoms with Crippen LogP contribution in [0, 0.1) is 15.9 Å². The maximum Gasteiger partial charge on any atom is 0.269 e. The molecule has 144 valence electrons. The van der Waals surface area contributed by atoms with Crippen LogP contribution in [0.15, 0.2) is 60.9 Å². The van der Waals surface area contributed by atoms with Crippen molar-refractivity contribution in [3.63, 3.8) is 0 Å². The van der Waals surface area contributed by atoms with Gasteiger partial charge in [0.25, 0.3) is 5.69 Å². The van der Waals surface area contributed by atoms with Crippen molar-refractivity contribution in [2.75, 3.05) is 31.1 Å². The van der Waals surface area contributed by atoms with Crippen LogP contribution in [0.2, 0.25) is 0 Å². The van der Waals surface area contributed by atoms with E-state index in [9.17, 15) is 14.5 Å². The van der Waals surface area contributed by atoms with Crippen LogP contribution in [0.3, 0.4) is 0 Å². The summed E-state index contributed by atoms with van der Waals surface area (Å²) in [5, 5.41) is 10.8. The number of hydrogen-bond acceptors (Lipinski definition) is 5. The molecule has 0 N–H and O–H groups in total. The predicted molar refractivity (Wildman–Crippen MR) is 104 cm³/mol. The Morgan fingerprint density at radius 3 is 2.43 bits per heavy atom. The van der Waals surface area contributed by atoms with Crippen LogP contribution in [0.25, 0.3) is 5.69 Å². The summed E-state index contributed by atoms with van der Waals surface area (Å²) in [7, 11) is 0. The van der Waals surface area contributed by atoms with Crippen molar-refractivity contribution in [1.29, 1.82) is 0 Å². The molecule has 7 nitrogen and oxygen atoms in total. The molecule has 2 heterocycles.